The lowest BCUT2D eigenvalue weighted by molar-refractivity contribution is -0.0165. The van der Waals surface area contributed by atoms with Gasteiger partial charge in [0.1, 0.15) is 6.10 Å². The van der Waals surface area contributed by atoms with Crippen LogP contribution in [0.3, 0.4) is 0 Å². The Morgan fingerprint density at radius 3 is 2.12 bits per heavy atom. The molecule has 2 aliphatic heterocycles. The number of carbonyl (C=O) groups is 1. The molecule has 26 heavy (non-hydrogen) atoms. The summed E-state index contributed by atoms with van der Waals surface area (Å²) in [5.41, 5.74) is 3.07. The third kappa shape index (κ3) is 9.48. The second kappa shape index (κ2) is 13.9. The van der Waals surface area contributed by atoms with Crippen molar-refractivity contribution in [2.45, 2.75) is 89.6 Å². The van der Waals surface area contributed by atoms with E-state index in [4.69, 9.17) is 9.47 Å². The molecule has 2 aliphatic rings. The van der Waals surface area contributed by atoms with E-state index >= 15 is 0 Å². The maximum atomic E-state index is 12.4. The zero-order chi connectivity index (χ0) is 18.3. The monoisotopic (exact) mass is 368 g/mol. The predicted molar refractivity (Wildman–Crippen MR) is 101 cm³/mol. The van der Waals surface area contributed by atoms with Crippen molar-refractivity contribution in [3.63, 3.8) is 0 Å². The first-order valence-electron chi connectivity index (χ1n) is 10.6. The molecule has 150 valence electrons. The molecule has 0 aromatic carbocycles. The Morgan fingerprint density at radius 2 is 1.46 bits per heavy atom. The van der Waals surface area contributed by atoms with Gasteiger partial charge in [0.2, 0.25) is 0 Å². The van der Waals surface area contributed by atoms with Crippen molar-refractivity contribution in [2.24, 2.45) is 10.3 Å². The van der Waals surface area contributed by atoms with Crippen LogP contribution >= 0.6 is 0 Å². The van der Waals surface area contributed by atoms with Gasteiger partial charge in [-0.2, -0.15) is 5.11 Å². The van der Waals surface area contributed by atoms with Crippen LogP contribution in [-0.2, 0) is 9.47 Å². The highest BCUT2D eigenvalue weighted by atomic mass is 16.6. The standard InChI is InChI=1S/C19H36N4O3/c24-19(26-18-12-16-25-17-13-18)23-21-15-11-9-7-5-3-1-2-4-6-8-10-14-20-22-23/h18,21H,1-17H2. The average molecular weight is 369 g/mol. The van der Waals surface area contributed by atoms with Crippen LogP contribution in [0.5, 0.6) is 0 Å². The number of carbonyl (C=O) groups excluding carboxylic acids is 1. The molecule has 1 N–H and O–H groups in total. The fourth-order valence-corrected chi connectivity index (χ4v) is 3.31. The van der Waals surface area contributed by atoms with Crippen molar-refractivity contribution < 1.29 is 14.3 Å². The van der Waals surface area contributed by atoms with Crippen molar-refractivity contribution in [1.82, 2.24) is 10.5 Å². The third-order valence-corrected chi connectivity index (χ3v) is 4.96. The Hall–Kier alpha value is -1.21. The van der Waals surface area contributed by atoms with E-state index in [0.717, 1.165) is 25.7 Å². The molecular formula is C19H36N4O3. The van der Waals surface area contributed by atoms with E-state index in [1.807, 2.05) is 0 Å². The summed E-state index contributed by atoms with van der Waals surface area (Å²) in [5, 5.41) is 9.44. The summed E-state index contributed by atoms with van der Waals surface area (Å²) in [6.07, 6.45) is 14.6. The van der Waals surface area contributed by atoms with Crippen LogP contribution in [0.4, 0.5) is 4.79 Å². The molecule has 7 nitrogen and oxygen atoms in total. The number of nitrogens with zero attached hydrogens (tertiary/aromatic N) is 3. The molecule has 1 saturated heterocycles. The molecule has 1 amide bonds. The molecule has 0 aromatic heterocycles. The minimum Gasteiger partial charge on any atom is -0.444 e. The zero-order valence-corrected chi connectivity index (χ0v) is 16.2. The molecular weight excluding hydrogens is 332 g/mol. The Bertz CT molecular complexity index is 400. The first kappa shape index (κ1) is 21.1. The van der Waals surface area contributed by atoms with Gasteiger partial charge < -0.3 is 9.47 Å². The molecule has 0 atom stereocenters. The Labute approximate surface area is 157 Å². The maximum absolute atomic E-state index is 12.4. The van der Waals surface area contributed by atoms with Gasteiger partial charge in [-0.25, -0.2) is 10.2 Å². The van der Waals surface area contributed by atoms with Crippen LogP contribution in [0.2, 0.25) is 0 Å². The summed E-state index contributed by atoms with van der Waals surface area (Å²) in [5.74, 6) is 0. The average Bonchev–Trinajstić information content (AvgIpc) is 2.66. The van der Waals surface area contributed by atoms with Gasteiger partial charge >= 0.3 is 6.09 Å². The van der Waals surface area contributed by atoms with E-state index in [-0.39, 0.29) is 6.10 Å². The van der Waals surface area contributed by atoms with Crippen molar-refractivity contribution in [3.05, 3.63) is 0 Å². The number of hydrazine groups is 1. The predicted octanol–water partition coefficient (Wildman–Crippen LogP) is 4.78. The van der Waals surface area contributed by atoms with Gasteiger partial charge in [-0.15, -0.1) is 5.12 Å². The number of rotatable bonds is 1. The SMILES string of the molecule is O=C(OC1CCOCC1)N1N=NCCCCCCCCCCCCCN1. The lowest BCUT2D eigenvalue weighted by Gasteiger charge is -2.24. The highest BCUT2D eigenvalue weighted by molar-refractivity contribution is 5.66. The van der Waals surface area contributed by atoms with Gasteiger partial charge in [0, 0.05) is 19.4 Å². The van der Waals surface area contributed by atoms with Crippen molar-refractivity contribution in [1.29, 1.82) is 0 Å². The number of amides is 1. The molecule has 0 bridgehead atoms. The van der Waals surface area contributed by atoms with Gasteiger partial charge in [-0.1, -0.05) is 57.8 Å². The second-order valence-corrected chi connectivity index (χ2v) is 7.26. The van der Waals surface area contributed by atoms with Crippen LogP contribution in [0, 0.1) is 0 Å². The van der Waals surface area contributed by atoms with E-state index in [9.17, 15) is 4.79 Å². The Kier molecular flexibility index (Phi) is 11.3. The van der Waals surface area contributed by atoms with E-state index < -0.39 is 6.09 Å². The van der Waals surface area contributed by atoms with Crippen molar-refractivity contribution in [3.8, 4) is 0 Å². The van der Waals surface area contributed by atoms with E-state index in [1.165, 1.54) is 62.9 Å². The number of nitrogens with one attached hydrogen (secondary N) is 1. The van der Waals surface area contributed by atoms with Gasteiger partial charge in [-0.3, -0.25) is 0 Å². The molecule has 0 radical (unpaired) electrons. The van der Waals surface area contributed by atoms with Gasteiger partial charge in [-0.05, 0) is 18.1 Å². The van der Waals surface area contributed by atoms with Gasteiger partial charge in [0.05, 0.1) is 19.8 Å². The summed E-state index contributed by atoms with van der Waals surface area (Å²) in [6.45, 7) is 2.66. The lowest BCUT2D eigenvalue weighted by Crippen LogP contribution is -2.41. The molecule has 2 heterocycles. The van der Waals surface area contributed by atoms with Crippen molar-refractivity contribution in [2.75, 3.05) is 26.3 Å². The molecule has 7 heteroatoms. The highest BCUT2D eigenvalue weighted by Gasteiger charge is 2.22. The molecule has 0 unspecified atom stereocenters. The van der Waals surface area contributed by atoms with Crippen molar-refractivity contribution >= 4 is 6.09 Å². The van der Waals surface area contributed by atoms with Gasteiger partial charge in [0.15, 0.2) is 0 Å². The maximum Gasteiger partial charge on any atom is 0.447 e. The molecule has 0 aromatic rings. The van der Waals surface area contributed by atoms with E-state index in [0.29, 0.717) is 26.3 Å². The number of ether oxygens (including phenoxy) is 2. The summed E-state index contributed by atoms with van der Waals surface area (Å²) < 4.78 is 10.9. The smallest absolute Gasteiger partial charge is 0.444 e. The molecule has 0 aliphatic carbocycles. The zero-order valence-electron chi connectivity index (χ0n) is 16.2. The largest absolute Gasteiger partial charge is 0.447 e. The van der Waals surface area contributed by atoms with Crippen LogP contribution < -0.4 is 5.43 Å². The minimum atomic E-state index is -0.460. The third-order valence-electron chi connectivity index (χ3n) is 4.96. The molecule has 1 fully saturated rings. The lowest BCUT2D eigenvalue weighted by atomic mass is 10.1. The number of hydrogen-bond donors (Lipinski definition) is 1. The number of hydrogen-bond acceptors (Lipinski definition) is 6. The minimum absolute atomic E-state index is 0.0858. The van der Waals surface area contributed by atoms with Crippen LogP contribution in [0.1, 0.15) is 83.5 Å². The Morgan fingerprint density at radius 1 is 0.885 bits per heavy atom. The summed E-state index contributed by atoms with van der Waals surface area (Å²) >= 11 is 0. The van der Waals surface area contributed by atoms with E-state index in [2.05, 4.69) is 15.8 Å². The fourth-order valence-electron chi connectivity index (χ4n) is 3.31. The molecule has 0 saturated carbocycles. The molecule has 2 rings (SSSR count). The summed E-state index contributed by atoms with van der Waals surface area (Å²) in [4.78, 5) is 12.4. The van der Waals surface area contributed by atoms with Crippen LogP contribution in [0.15, 0.2) is 10.3 Å². The molecule has 0 spiro atoms. The fraction of sp³-hybridized carbons (Fsp3) is 0.947. The highest BCUT2D eigenvalue weighted by Crippen LogP contribution is 2.13. The van der Waals surface area contributed by atoms with E-state index in [1.54, 1.807) is 0 Å². The first-order valence-corrected chi connectivity index (χ1v) is 10.6. The summed E-state index contributed by atoms with van der Waals surface area (Å²) in [6, 6.07) is 0. The Balaban J connectivity index is 1.79. The summed E-state index contributed by atoms with van der Waals surface area (Å²) in [7, 11) is 0. The topological polar surface area (TPSA) is 75.5 Å². The van der Waals surface area contributed by atoms with Gasteiger partial charge in [0.25, 0.3) is 0 Å². The first-order chi connectivity index (χ1) is 12.9. The normalized spacial score (nSPS) is 23.3. The van der Waals surface area contributed by atoms with Crippen LogP contribution in [-0.4, -0.2) is 43.6 Å². The quantitative estimate of drug-likeness (QED) is 0.722. The van der Waals surface area contributed by atoms with Crippen LogP contribution in [0.25, 0.3) is 0 Å². The second-order valence-electron chi connectivity index (χ2n) is 7.26.